The van der Waals surface area contributed by atoms with Crippen LogP contribution in [0.2, 0.25) is 0 Å². The number of hydrogen-bond acceptors (Lipinski definition) is 1. The van der Waals surface area contributed by atoms with Crippen molar-refractivity contribution in [2.24, 2.45) is 5.73 Å². The van der Waals surface area contributed by atoms with E-state index in [0.717, 1.165) is 31.7 Å². The van der Waals surface area contributed by atoms with Crippen LogP contribution >= 0.6 is 0 Å². The first-order valence-electron chi connectivity index (χ1n) is 5.38. The van der Waals surface area contributed by atoms with E-state index in [0.29, 0.717) is 18.5 Å². The molecule has 15 heavy (non-hydrogen) atoms. The Balaban J connectivity index is 2.31. The fraction of sp³-hybridized carbons (Fsp3) is 0.500. The summed E-state index contributed by atoms with van der Waals surface area (Å²) in [6.45, 7) is 0.713. The summed E-state index contributed by atoms with van der Waals surface area (Å²) in [5.74, 6) is -0.951. The lowest BCUT2D eigenvalue weighted by Crippen LogP contribution is -1.98. The third-order valence-corrected chi connectivity index (χ3v) is 2.42. The zero-order chi connectivity index (χ0) is 11.1. The van der Waals surface area contributed by atoms with Crippen molar-refractivity contribution < 1.29 is 8.78 Å². The summed E-state index contributed by atoms with van der Waals surface area (Å²) in [6, 6.07) is 3.76. The summed E-state index contributed by atoms with van der Waals surface area (Å²) in [5.41, 5.74) is 5.96. The molecule has 1 nitrogen and oxygen atoms in total. The smallest absolute Gasteiger partial charge is 0.129 e. The average molecular weight is 213 g/mol. The van der Waals surface area contributed by atoms with E-state index in [-0.39, 0.29) is 0 Å². The Morgan fingerprint density at radius 3 is 2.40 bits per heavy atom. The van der Waals surface area contributed by atoms with Crippen LogP contribution in [0.5, 0.6) is 0 Å². The predicted molar refractivity (Wildman–Crippen MR) is 57.6 cm³/mol. The van der Waals surface area contributed by atoms with Crippen molar-refractivity contribution in [3.05, 3.63) is 35.4 Å². The van der Waals surface area contributed by atoms with Crippen molar-refractivity contribution in [3.8, 4) is 0 Å². The van der Waals surface area contributed by atoms with E-state index in [1.807, 2.05) is 0 Å². The number of benzene rings is 1. The second-order valence-electron chi connectivity index (χ2n) is 3.69. The minimum absolute atomic E-state index is 0.436. The van der Waals surface area contributed by atoms with Gasteiger partial charge in [0.25, 0.3) is 0 Å². The normalized spacial score (nSPS) is 10.6. The standard InChI is InChI=1S/C12H17F2N/c13-11-7-6-10(12(14)9-11)5-3-1-2-4-8-15/h6-7,9H,1-5,8,15H2. The van der Waals surface area contributed by atoms with Crippen molar-refractivity contribution in [2.75, 3.05) is 6.54 Å². The van der Waals surface area contributed by atoms with Gasteiger partial charge in [-0.1, -0.05) is 18.9 Å². The van der Waals surface area contributed by atoms with Gasteiger partial charge in [-0.3, -0.25) is 0 Å². The van der Waals surface area contributed by atoms with Gasteiger partial charge >= 0.3 is 0 Å². The maximum Gasteiger partial charge on any atom is 0.129 e. The molecule has 2 N–H and O–H groups in total. The van der Waals surface area contributed by atoms with Crippen LogP contribution in [0.25, 0.3) is 0 Å². The number of rotatable bonds is 6. The van der Waals surface area contributed by atoms with Gasteiger partial charge in [-0.2, -0.15) is 0 Å². The molecule has 1 aromatic rings. The van der Waals surface area contributed by atoms with E-state index in [4.69, 9.17) is 5.73 Å². The van der Waals surface area contributed by atoms with E-state index >= 15 is 0 Å². The maximum atomic E-state index is 13.2. The summed E-state index contributed by atoms with van der Waals surface area (Å²) < 4.78 is 25.7. The summed E-state index contributed by atoms with van der Waals surface area (Å²) >= 11 is 0. The molecule has 0 amide bonds. The van der Waals surface area contributed by atoms with Crippen LogP contribution in [0.15, 0.2) is 18.2 Å². The fourth-order valence-electron chi connectivity index (χ4n) is 1.54. The van der Waals surface area contributed by atoms with Crippen LogP contribution in [0.1, 0.15) is 31.2 Å². The number of hydrogen-bond donors (Lipinski definition) is 1. The molecule has 0 saturated heterocycles. The molecule has 0 fully saturated rings. The average Bonchev–Trinajstić information content (AvgIpc) is 2.20. The van der Waals surface area contributed by atoms with Crippen molar-refractivity contribution in [3.63, 3.8) is 0 Å². The highest BCUT2D eigenvalue weighted by molar-refractivity contribution is 5.18. The van der Waals surface area contributed by atoms with Crippen LogP contribution in [0.3, 0.4) is 0 Å². The summed E-state index contributed by atoms with van der Waals surface area (Å²) in [6.07, 6.45) is 4.76. The van der Waals surface area contributed by atoms with E-state index in [9.17, 15) is 8.78 Å². The van der Waals surface area contributed by atoms with E-state index < -0.39 is 11.6 Å². The van der Waals surface area contributed by atoms with E-state index in [1.54, 1.807) is 0 Å². The molecule has 0 radical (unpaired) electrons. The lowest BCUT2D eigenvalue weighted by atomic mass is 10.1. The lowest BCUT2D eigenvalue weighted by Gasteiger charge is -2.03. The molecule has 0 atom stereocenters. The van der Waals surface area contributed by atoms with Gasteiger partial charge in [-0.25, -0.2) is 8.78 Å². The molecule has 0 saturated carbocycles. The second kappa shape index (κ2) is 6.51. The van der Waals surface area contributed by atoms with Gasteiger partial charge in [-0.05, 0) is 37.4 Å². The molecular weight excluding hydrogens is 196 g/mol. The molecule has 0 spiro atoms. The first-order chi connectivity index (χ1) is 7.24. The molecule has 1 aromatic carbocycles. The number of nitrogens with two attached hydrogens (primary N) is 1. The molecule has 3 heteroatoms. The Kier molecular flexibility index (Phi) is 5.26. The van der Waals surface area contributed by atoms with Crippen LogP contribution < -0.4 is 5.73 Å². The van der Waals surface area contributed by atoms with Crippen LogP contribution in [-0.2, 0) is 6.42 Å². The van der Waals surface area contributed by atoms with Crippen molar-refractivity contribution in [1.82, 2.24) is 0 Å². The highest BCUT2D eigenvalue weighted by atomic mass is 19.1. The van der Waals surface area contributed by atoms with Gasteiger partial charge < -0.3 is 5.73 Å². The Morgan fingerprint density at radius 2 is 1.73 bits per heavy atom. The van der Waals surface area contributed by atoms with Crippen molar-refractivity contribution in [1.29, 1.82) is 0 Å². The zero-order valence-electron chi connectivity index (χ0n) is 8.81. The number of halogens is 2. The molecule has 0 aromatic heterocycles. The predicted octanol–water partition coefficient (Wildman–Crippen LogP) is 3.03. The molecule has 0 aliphatic rings. The number of unbranched alkanes of at least 4 members (excludes halogenated alkanes) is 3. The molecule has 0 heterocycles. The molecule has 84 valence electrons. The van der Waals surface area contributed by atoms with Crippen LogP contribution in [-0.4, -0.2) is 6.54 Å². The Bertz CT molecular complexity index is 300. The van der Waals surface area contributed by atoms with Crippen LogP contribution in [0, 0.1) is 11.6 Å². The van der Waals surface area contributed by atoms with Gasteiger partial charge in [0.15, 0.2) is 0 Å². The monoisotopic (exact) mass is 213 g/mol. The fourth-order valence-corrected chi connectivity index (χ4v) is 1.54. The molecular formula is C12H17F2N. The molecule has 0 bridgehead atoms. The SMILES string of the molecule is NCCCCCCc1ccc(F)cc1F. The van der Waals surface area contributed by atoms with Gasteiger partial charge in [0, 0.05) is 6.07 Å². The second-order valence-corrected chi connectivity index (χ2v) is 3.69. The van der Waals surface area contributed by atoms with Gasteiger partial charge in [0.2, 0.25) is 0 Å². The van der Waals surface area contributed by atoms with Gasteiger partial charge in [-0.15, -0.1) is 0 Å². The van der Waals surface area contributed by atoms with Gasteiger partial charge in [0.1, 0.15) is 11.6 Å². The van der Waals surface area contributed by atoms with E-state index in [2.05, 4.69) is 0 Å². The Labute approximate surface area is 89.3 Å². The first-order valence-corrected chi connectivity index (χ1v) is 5.38. The van der Waals surface area contributed by atoms with Crippen LogP contribution in [0.4, 0.5) is 8.78 Å². The highest BCUT2D eigenvalue weighted by Gasteiger charge is 2.02. The van der Waals surface area contributed by atoms with Crippen molar-refractivity contribution in [2.45, 2.75) is 32.1 Å². The first kappa shape index (κ1) is 12.1. The topological polar surface area (TPSA) is 26.0 Å². The maximum absolute atomic E-state index is 13.2. The Morgan fingerprint density at radius 1 is 1.00 bits per heavy atom. The molecule has 0 aliphatic carbocycles. The highest BCUT2D eigenvalue weighted by Crippen LogP contribution is 2.13. The third-order valence-electron chi connectivity index (χ3n) is 2.42. The molecule has 0 aliphatic heterocycles. The van der Waals surface area contributed by atoms with Gasteiger partial charge in [0.05, 0.1) is 0 Å². The summed E-state index contributed by atoms with van der Waals surface area (Å²) in [4.78, 5) is 0. The summed E-state index contributed by atoms with van der Waals surface area (Å²) in [7, 11) is 0. The molecule has 1 rings (SSSR count). The summed E-state index contributed by atoms with van der Waals surface area (Å²) in [5, 5.41) is 0. The van der Waals surface area contributed by atoms with Crippen molar-refractivity contribution >= 4 is 0 Å². The Hall–Kier alpha value is -0.960. The number of aryl methyl sites for hydroxylation is 1. The quantitative estimate of drug-likeness (QED) is 0.722. The van der Waals surface area contributed by atoms with E-state index in [1.165, 1.54) is 12.1 Å². The minimum Gasteiger partial charge on any atom is -0.330 e. The third kappa shape index (κ3) is 4.38. The minimum atomic E-state index is -0.514. The largest absolute Gasteiger partial charge is 0.330 e. The molecule has 0 unspecified atom stereocenters. The zero-order valence-corrected chi connectivity index (χ0v) is 8.81. The lowest BCUT2D eigenvalue weighted by molar-refractivity contribution is 0.563.